The average molecular weight is 836 g/mol. The number of rotatable bonds is 12. The summed E-state index contributed by atoms with van der Waals surface area (Å²) in [5, 5.41) is 17.6. The molecule has 314 valence electrons. The topological polar surface area (TPSA) is 163 Å². The Kier molecular flexibility index (Phi) is 12.8. The largest absolute Gasteiger partial charge is 0.492 e. The third kappa shape index (κ3) is 9.58. The highest BCUT2D eigenvalue weighted by molar-refractivity contribution is 7.81. The van der Waals surface area contributed by atoms with Gasteiger partial charge in [0.25, 0.3) is 5.91 Å². The van der Waals surface area contributed by atoms with Crippen LogP contribution in [0.3, 0.4) is 0 Å². The van der Waals surface area contributed by atoms with E-state index in [1.165, 1.54) is 6.07 Å². The highest BCUT2D eigenvalue weighted by Crippen LogP contribution is 2.43. The Morgan fingerprint density at radius 2 is 1.85 bits per heavy atom. The van der Waals surface area contributed by atoms with Crippen LogP contribution in [0.4, 0.5) is 35.9 Å². The number of pyridine rings is 1. The van der Waals surface area contributed by atoms with E-state index in [4.69, 9.17) is 17.4 Å². The smallest absolute Gasteiger partial charge is 0.419 e. The van der Waals surface area contributed by atoms with Crippen molar-refractivity contribution in [1.82, 2.24) is 20.1 Å². The highest BCUT2D eigenvalue weighted by atomic mass is 32.1. The van der Waals surface area contributed by atoms with Crippen molar-refractivity contribution in [2.75, 3.05) is 59.8 Å². The number of hydrogen-bond donors (Lipinski definition) is 4. The number of piperidine rings is 1. The van der Waals surface area contributed by atoms with Crippen molar-refractivity contribution in [3.63, 3.8) is 0 Å². The number of hydrogen-bond acceptors (Lipinski definition) is 12. The summed E-state index contributed by atoms with van der Waals surface area (Å²) >= 11 is 4.72. The number of imide groups is 1. The third-order valence-corrected chi connectivity index (χ3v) is 11.3. The number of nitrogens with zero attached hydrogens (tertiary/aromatic N) is 6. The van der Waals surface area contributed by atoms with Gasteiger partial charge in [-0.3, -0.25) is 39.2 Å². The van der Waals surface area contributed by atoms with E-state index in [9.17, 15) is 37.6 Å². The summed E-state index contributed by atoms with van der Waals surface area (Å²) in [4.78, 5) is 61.4. The molecule has 2 aromatic carbocycles. The Morgan fingerprint density at radius 1 is 1.10 bits per heavy atom. The molecule has 3 fully saturated rings. The number of carbonyl (C=O) groups excluding carboxylic acids is 4. The van der Waals surface area contributed by atoms with Crippen LogP contribution >= 0.6 is 12.6 Å². The molecule has 3 aromatic rings. The molecule has 1 unspecified atom stereocenters. The maximum Gasteiger partial charge on any atom is 0.419 e. The average Bonchev–Trinajstić information content (AvgIpc) is 3.35. The maximum atomic E-state index is 13.8. The van der Waals surface area contributed by atoms with E-state index in [1.54, 1.807) is 49.1 Å². The number of nitriles is 1. The number of alkyl halides is 3. The summed E-state index contributed by atoms with van der Waals surface area (Å²) in [6.45, 7) is 12.9. The van der Waals surface area contributed by atoms with Crippen molar-refractivity contribution in [2.45, 2.75) is 82.7 Å². The molecule has 59 heavy (non-hydrogen) atoms. The summed E-state index contributed by atoms with van der Waals surface area (Å²) in [7, 11) is 0. The zero-order valence-electron chi connectivity index (χ0n) is 33.5. The molecule has 6 rings (SSSR count). The van der Waals surface area contributed by atoms with E-state index in [0.717, 1.165) is 35.8 Å². The molecule has 4 amide bonds. The fourth-order valence-electron chi connectivity index (χ4n) is 7.67. The fraction of sp³-hybridized carbons (Fsp3) is 0.463. The third-order valence-electron chi connectivity index (χ3n) is 10.8. The molecule has 1 aromatic heterocycles. The number of carbonyl (C=O) groups is 4. The van der Waals surface area contributed by atoms with Crippen LogP contribution in [0.15, 0.2) is 54.7 Å². The van der Waals surface area contributed by atoms with Gasteiger partial charge in [-0.15, -0.1) is 12.6 Å². The van der Waals surface area contributed by atoms with E-state index in [1.807, 2.05) is 26.0 Å². The number of halogens is 3. The molecule has 3 aliphatic heterocycles. The van der Waals surface area contributed by atoms with Crippen LogP contribution in [0.1, 0.15) is 70.2 Å². The molecule has 3 atom stereocenters. The lowest BCUT2D eigenvalue weighted by Crippen LogP contribution is -2.54. The van der Waals surface area contributed by atoms with Crippen molar-refractivity contribution >= 4 is 59.0 Å². The first-order valence-corrected chi connectivity index (χ1v) is 19.9. The second-order valence-corrected chi connectivity index (χ2v) is 16.2. The summed E-state index contributed by atoms with van der Waals surface area (Å²) in [6.07, 6.45) is -3.11. The van der Waals surface area contributed by atoms with Gasteiger partial charge in [0, 0.05) is 55.7 Å². The lowest BCUT2D eigenvalue weighted by molar-refractivity contribution is -0.138. The first-order valence-electron chi connectivity index (χ1n) is 19.4. The number of amides is 4. The van der Waals surface area contributed by atoms with Gasteiger partial charge in [0.05, 0.1) is 24.0 Å². The van der Waals surface area contributed by atoms with E-state index in [-0.39, 0.29) is 48.3 Å². The Hall–Kier alpha value is -5.38. The van der Waals surface area contributed by atoms with Gasteiger partial charge in [0.1, 0.15) is 30.0 Å². The van der Waals surface area contributed by atoms with Gasteiger partial charge in [-0.05, 0) is 81.1 Å². The predicted octanol–water partition coefficient (Wildman–Crippen LogP) is 5.18. The number of nitrogens with one attached hydrogen (secondary N) is 3. The van der Waals surface area contributed by atoms with Crippen molar-refractivity contribution in [3.8, 4) is 11.8 Å². The second kappa shape index (κ2) is 17.5. The molecular formula is C41H48F3N9O5S. The van der Waals surface area contributed by atoms with E-state index in [2.05, 4.69) is 37.7 Å². The molecule has 3 saturated heterocycles. The van der Waals surface area contributed by atoms with Gasteiger partial charge in [0.15, 0.2) is 11.2 Å². The lowest BCUT2D eigenvalue weighted by Gasteiger charge is -2.39. The van der Waals surface area contributed by atoms with E-state index in [0.29, 0.717) is 48.9 Å². The lowest BCUT2D eigenvalue weighted by atomic mass is 9.98. The Labute approximate surface area is 346 Å². The Bertz CT molecular complexity index is 2150. The number of anilines is 4. The van der Waals surface area contributed by atoms with Crippen LogP contribution in [0.25, 0.3) is 0 Å². The molecule has 4 heterocycles. The van der Waals surface area contributed by atoms with Crippen LogP contribution in [0, 0.1) is 11.3 Å². The first-order chi connectivity index (χ1) is 27.9. The summed E-state index contributed by atoms with van der Waals surface area (Å²) in [5.74, 6) is -0.594. The van der Waals surface area contributed by atoms with Crippen LogP contribution in [-0.2, 0) is 25.4 Å². The van der Waals surface area contributed by atoms with Crippen LogP contribution in [0.2, 0.25) is 0 Å². The van der Waals surface area contributed by atoms with E-state index >= 15 is 0 Å². The molecular weight excluding hydrogens is 788 g/mol. The number of piperazine rings is 1. The Morgan fingerprint density at radius 3 is 2.53 bits per heavy atom. The molecule has 3 N–H and O–H groups in total. The van der Waals surface area contributed by atoms with Crippen molar-refractivity contribution in [3.05, 3.63) is 71.5 Å². The zero-order chi connectivity index (χ0) is 42.8. The van der Waals surface area contributed by atoms with E-state index < -0.39 is 40.4 Å². The first kappa shape index (κ1) is 43.2. The number of thiol groups is 1. The molecule has 0 aliphatic carbocycles. The number of benzene rings is 2. The fourth-order valence-corrected chi connectivity index (χ4v) is 8.33. The van der Waals surface area contributed by atoms with Gasteiger partial charge < -0.3 is 20.3 Å². The van der Waals surface area contributed by atoms with Gasteiger partial charge in [-0.1, -0.05) is 19.9 Å². The highest BCUT2D eigenvalue weighted by Gasteiger charge is 2.52. The van der Waals surface area contributed by atoms with Crippen LogP contribution in [-0.4, -0.2) is 101 Å². The van der Waals surface area contributed by atoms with Gasteiger partial charge in [-0.2, -0.15) is 18.4 Å². The van der Waals surface area contributed by atoms with Crippen molar-refractivity contribution in [1.29, 1.82) is 5.26 Å². The second-order valence-electron chi connectivity index (χ2n) is 15.8. The van der Waals surface area contributed by atoms with Crippen LogP contribution in [0.5, 0.6) is 5.75 Å². The standard InChI is InChI=1S/C41H48F3N9O5S/c1-24(2)30-18-28(53-39(59)52(38(57)40(53,4)5)29-19-31(41(42,43)44)33(20-45)46-21-29)9-11-34(30)58-16-15-50-13-14-51(25(3)22-50)23-36(55)48-27-8-6-7-26(17-27)47-32-10-12-35(54)49-37(32)56/h6-9,11,17-19,21,24-25,32,39,47,59H,10,12-16,22-23H2,1-5H3,(H,48,55)(H,49,54,56)/t25-,32?,39+/m1/s1. The molecule has 14 nitrogen and oxygen atoms in total. The summed E-state index contributed by atoms with van der Waals surface area (Å²) in [5.41, 5.74) is -1.54. The molecule has 0 saturated carbocycles. The Balaban J connectivity index is 1.03. The van der Waals surface area contributed by atoms with Gasteiger partial charge >= 0.3 is 6.18 Å². The van der Waals surface area contributed by atoms with Crippen LogP contribution < -0.4 is 30.5 Å². The molecule has 0 bridgehead atoms. The zero-order valence-corrected chi connectivity index (χ0v) is 34.4. The molecule has 18 heteroatoms. The molecule has 3 aliphatic rings. The number of aromatic nitrogens is 1. The minimum Gasteiger partial charge on any atom is -0.492 e. The van der Waals surface area contributed by atoms with Crippen molar-refractivity contribution < 1.29 is 37.1 Å². The monoisotopic (exact) mass is 835 g/mol. The molecule has 0 radical (unpaired) electrons. The van der Waals surface area contributed by atoms with Gasteiger partial charge in [0.2, 0.25) is 17.7 Å². The normalized spacial score (nSPS) is 21.4. The molecule has 0 spiro atoms. The summed E-state index contributed by atoms with van der Waals surface area (Å²) < 4.78 is 47.7. The minimum absolute atomic E-state index is 0.0247. The maximum absolute atomic E-state index is 13.8. The van der Waals surface area contributed by atoms with Crippen molar-refractivity contribution in [2.24, 2.45) is 0 Å². The number of ether oxygens (including phenoxy) is 1. The predicted molar refractivity (Wildman–Crippen MR) is 219 cm³/mol. The minimum atomic E-state index is -4.84. The quantitative estimate of drug-likeness (QED) is 0.141. The van der Waals surface area contributed by atoms with Gasteiger partial charge in [-0.25, -0.2) is 4.98 Å². The summed E-state index contributed by atoms with van der Waals surface area (Å²) in [6, 6.07) is 14.5. The SMILES string of the molecule is CC(C)c1cc(N2[C@@H](S)N(c3cnc(C#N)c(C(F)(F)F)c3)C(=O)C2(C)C)ccc1OCCN1CCN(CC(=O)Nc2cccc(NC3CCC(=O)NC3=O)c2)[C@H](C)C1.